The molecule has 0 aliphatic heterocycles. The summed E-state index contributed by atoms with van der Waals surface area (Å²) >= 11 is 0. The molecule has 0 aliphatic carbocycles. The molecule has 1 aromatic heterocycles. The summed E-state index contributed by atoms with van der Waals surface area (Å²) < 4.78 is 0. The lowest BCUT2D eigenvalue weighted by Crippen LogP contribution is -2.24. The van der Waals surface area contributed by atoms with Crippen LogP contribution >= 0.6 is 0 Å². The van der Waals surface area contributed by atoms with E-state index in [1.54, 1.807) is 32.3 Å². The van der Waals surface area contributed by atoms with Crippen LogP contribution in [0.3, 0.4) is 0 Å². The molecule has 0 unspecified atom stereocenters. The monoisotopic (exact) mass is 288 g/mol. The van der Waals surface area contributed by atoms with Crippen molar-refractivity contribution in [2.75, 3.05) is 26.0 Å². The molecule has 110 valence electrons. The Morgan fingerprint density at radius 1 is 1.38 bits per heavy atom. The maximum Gasteiger partial charge on any atom is 0.311 e. The Morgan fingerprint density at radius 2 is 2.10 bits per heavy atom. The van der Waals surface area contributed by atoms with Crippen molar-refractivity contribution in [2.24, 2.45) is 0 Å². The molecule has 7 heteroatoms. The van der Waals surface area contributed by atoms with Crippen LogP contribution in [0.15, 0.2) is 30.5 Å². The fraction of sp³-hybridized carbons (Fsp3) is 0.286. The largest absolute Gasteiger partial charge is 0.378 e. The van der Waals surface area contributed by atoms with E-state index in [2.05, 4.69) is 10.3 Å². The number of rotatable bonds is 5. The van der Waals surface area contributed by atoms with Gasteiger partial charge in [0, 0.05) is 32.4 Å². The Bertz CT molecular complexity index is 685. The summed E-state index contributed by atoms with van der Waals surface area (Å²) in [4.78, 5) is 27.8. The molecule has 2 rings (SSSR count). The Morgan fingerprint density at radius 3 is 2.76 bits per heavy atom. The topological polar surface area (TPSA) is 88.4 Å². The number of pyridine rings is 1. The van der Waals surface area contributed by atoms with E-state index in [4.69, 9.17) is 0 Å². The zero-order chi connectivity index (χ0) is 15.4. The molecule has 0 saturated heterocycles. The van der Waals surface area contributed by atoms with Crippen LogP contribution in [0, 0.1) is 10.1 Å². The molecule has 0 saturated carbocycles. The number of carbonyl (C=O) groups is 1. The molecular weight excluding hydrogens is 272 g/mol. The van der Waals surface area contributed by atoms with Gasteiger partial charge in [0.05, 0.1) is 10.4 Å². The van der Waals surface area contributed by atoms with Gasteiger partial charge in [-0.15, -0.1) is 0 Å². The van der Waals surface area contributed by atoms with E-state index in [0.717, 1.165) is 0 Å². The summed E-state index contributed by atoms with van der Waals surface area (Å²) in [6.07, 6.45) is 1.50. The minimum atomic E-state index is -0.477. The minimum Gasteiger partial charge on any atom is -0.378 e. The second kappa shape index (κ2) is 6.17. The van der Waals surface area contributed by atoms with Crippen LogP contribution in [-0.4, -0.2) is 41.4 Å². The standard InChI is InChI=1S/C14H16N4O3/c1-17(2)13(19)7-8-15-14-10-5-3-4-6-11(10)16-9-12(14)18(20)21/h3-6,9H,7-8H2,1-2H3,(H,15,16). The zero-order valence-corrected chi connectivity index (χ0v) is 11.9. The van der Waals surface area contributed by atoms with Crippen molar-refractivity contribution < 1.29 is 9.72 Å². The van der Waals surface area contributed by atoms with Crippen molar-refractivity contribution in [1.82, 2.24) is 9.88 Å². The summed E-state index contributed by atoms with van der Waals surface area (Å²) in [6.45, 7) is 0.325. The number of benzene rings is 1. The minimum absolute atomic E-state index is 0.0384. The van der Waals surface area contributed by atoms with Crippen LogP contribution in [0.5, 0.6) is 0 Å². The van der Waals surface area contributed by atoms with E-state index in [1.165, 1.54) is 11.1 Å². The molecule has 7 nitrogen and oxygen atoms in total. The van der Waals surface area contributed by atoms with Gasteiger partial charge < -0.3 is 10.2 Å². The Balaban J connectivity index is 2.29. The predicted octanol–water partition coefficient (Wildman–Crippen LogP) is 2.03. The van der Waals surface area contributed by atoms with Crippen LogP contribution < -0.4 is 5.32 Å². The third kappa shape index (κ3) is 3.25. The highest BCUT2D eigenvalue weighted by molar-refractivity contribution is 5.95. The summed E-state index contributed by atoms with van der Waals surface area (Å²) in [6, 6.07) is 7.17. The van der Waals surface area contributed by atoms with Crippen LogP contribution in [0.1, 0.15) is 6.42 Å². The highest BCUT2D eigenvalue weighted by atomic mass is 16.6. The molecule has 1 heterocycles. The SMILES string of the molecule is CN(C)C(=O)CCNc1c([N+](=O)[O-])cnc2ccccc12. The average molecular weight is 288 g/mol. The molecule has 0 atom stereocenters. The third-order valence-electron chi connectivity index (χ3n) is 3.09. The molecule has 2 aromatic rings. The summed E-state index contributed by atoms with van der Waals surface area (Å²) in [5.41, 5.74) is 0.979. The summed E-state index contributed by atoms with van der Waals surface area (Å²) in [7, 11) is 3.35. The van der Waals surface area contributed by atoms with Gasteiger partial charge in [0.25, 0.3) is 0 Å². The Hall–Kier alpha value is -2.70. The molecule has 21 heavy (non-hydrogen) atoms. The van der Waals surface area contributed by atoms with E-state index in [9.17, 15) is 14.9 Å². The van der Waals surface area contributed by atoms with Crippen LogP contribution in [0.2, 0.25) is 0 Å². The number of aromatic nitrogens is 1. The van der Waals surface area contributed by atoms with Crippen molar-refractivity contribution in [1.29, 1.82) is 0 Å². The fourth-order valence-electron chi connectivity index (χ4n) is 1.97. The third-order valence-corrected chi connectivity index (χ3v) is 3.09. The van der Waals surface area contributed by atoms with Crippen molar-refractivity contribution in [2.45, 2.75) is 6.42 Å². The van der Waals surface area contributed by atoms with Gasteiger partial charge >= 0.3 is 5.69 Å². The molecule has 1 amide bonds. The number of nitro groups is 1. The summed E-state index contributed by atoms with van der Waals surface area (Å²) in [5, 5.41) is 14.8. The molecule has 1 N–H and O–H groups in total. The first-order chi connectivity index (χ1) is 10.0. The lowest BCUT2D eigenvalue weighted by Gasteiger charge is -2.12. The van der Waals surface area contributed by atoms with E-state index in [0.29, 0.717) is 23.1 Å². The highest BCUT2D eigenvalue weighted by Gasteiger charge is 2.17. The Labute approximate surface area is 121 Å². The molecule has 0 spiro atoms. The van der Waals surface area contributed by atoms with Crippen LogP contribution in [-0.2, 0) is 4.79 Å². The predicted molar refractivity (Wildman–Crippen MR) is 80.2 cm³/mol. The van der Waals surface area contributed by atoms with Gasteiger partial charge in [-0.2, -0.15) is 0 Å². The normalized spacial score (nSPS) is 10.4. The zero-order valence-electron chi connectivity index (χ0n) is 11.9. The van der Waals surface area contributed by atoms with E-state index in [1.807, 2.05) is 6.07 Å². The number of hydrogen-bond donors (Lipinski definition) is 1. The number of hydrogen-bond acceptors (Lipinski definition) is 5. The lowest BCUT2D eigenvalue weighted by atomic mass is 10.1. The molecule has 0 radical (unpaired) electrons. The highest BCUT2D eigenvalue weighted by Crippen LogP contribution is 2.31. The van der Waals surface area contributed by atoms with Gasteiger partial charge in [-0.05, 0) is 6.07 Å². The van der Waals surface area contributed by atoms with E-state index < -0.39 is 4.92 Å². The van der Waals surface area contributed by atoms with Gasteiger partial charge in [-0.3, -0.25) is 14.9 Å². The number of fused-ring (bicyclic) bond motifs is 1. The first-order valence-corrected chi connectivity index (χ1v) is 6.47. The first kappa shape index (κ1) is 14.7. The molecule has 0 bridgehead atoms. The summed E-state index contributed by atoms with van der Waals surface area (Å²) in [5.74, 6) is -0.0384. The lowest BCUT2D eigenvalue weighted by molar-refractivity contribution is -0.384. The van der Waals surface area contributed by atoms with E-state index in [-0.39, 0.29) is 18.0 Å². The Kier molecular flexibility index (Phi) is 4.32. The quantitative estimate of drug-likeness (QED) is 0.671. The van der Waals surface area contributed by atoms with Gasteiger partial charge in [-0.25, -0.2) is 4.98 Å². The van der Waals surface area contributed by atoms with Crippen molar-refractivity contribution in [3.8, 4) is 0 Å². The number of nitrogens with zero attached hydrogens (tertiary/aromatic N) is 3. The second-order valence-electron chi connectivity index (χ2n) is 4.76. The second-order valence-corrected chi connectivity index (χ2v) is 4.76. The van der Waals surface area contributed by atoms with Crippen LogP contribution in [0.25, 0.3) is 10.9 Å². The number of para-hydroxylation sites is 1. The van der Waals surface area contributed by atoms with Crippen LogP contribution in [0.4, 0.5) is 11.4 Å². The fourth-order valence-corrected chi connectivity index (χ4v) is 1.97. The number of anilines is 1. The van der Waals surface area contributed by atoms with Crippen molar-refractivity contribution in [3.63, 3.8) is 0 Å². The molecule has 0 fully saturated rings. The molecule has 0 aliphatic rings. The van der Waals surface area contributed by atoms with Crippen molar-refractivity contribution in [3.05, 3.63) is 40.6 Å². The van der Waals surface area contributed by atoms with Crippen molar-refractivity contribution >= 4 is 28.2 Å². The number of carbonyl (C=O) groups excluding carboxylic acids is 1. The first-order valence-electron chi connectivity index (χ1n) is 6.47. The maximum atomic E-state index is 11.6. The van der Waals surface area contributed by atoms with Gasteiger partial charge in [-0.1, -0.05) is 18.2 Å². The number of nitrogens with one attached hydrogen (secondary N) is 1. The number of amides is 1. The molecule has 1 aromatic carbocycles. The average Bonchev–Trinajstić information content (AvgIpc) is 2.46. The molecular formula is C14H16N4O3. The smallest absolute Gasteiger partial charge is 0.311 e. The van der Waals surface area contributed by atoms with Gasteiger partial charge in [0.15, 0.2) is 0 Å². The van der Waals surface area contributed by atoms with Gasteiger partial charge in [0.1, 0.15) is 11.9 Å². The van der Waals surface area contributed by atoms with Gasteiger partial charge in [0.2, 0.25) is 5.91 Å². The van der Waals surface area contributed by atoms with E-state index >= 15 is 0 Å². The maximum absolute atomic E-state index is 11.6.